The molecule has 1 saturated heterocycles. The van der Waals surface area contributed by atoms with Gasteiger partial charge in [-0.3, -0.25) is 4.79 Å². The zero-order valence-corrected chi connectivity index (χ0v) is 28.2. The maximum atomic E-state index is 13.6. The molecule has 45 heavy (non-hydrogen) atoms. The van der Waals surface area contributed by atoms with Gasteiger partial charge in [-0.1, -0.05) is 60.1 Å². The van der Waals surface area contributed by atoms with E-state index in [0.29, 0.717) is 24.5 Å². The van der Waals surface area contributed by atoms with E-state index in [1.807, 2.05) is 6.92 Å². The van der Waals surface area contributed by atoms with Crippen LogP contribution in [0.25, 0.3) is 0 Å². The summed E-state index contributed by atoms with van der Waals surface area (Å²) in [7, 11) is 0. The average Bonchev–Trinajstić information content (AvgIpc) is 2.96. The number of carbonyl (C=O) groups is 2. The van der Waals surface area contributed by atoms with E-state index in [0.717, 1.165) is 44.9 Å². The van der Waals surface area contributed by atoms with Crippen LogP contribution in [0.2, 0.25) is 0 Å². The number of hydrogen-bond acceptors (Lipinski definition) is 8. The molecule has 0 amide bonds. The lowest BCUT2D eigenvalue weighted by molar-refractivity contribution is -0.327. The average molecular weight is 633 g/mol. The maximum absolute atomic E-state index is 13.6. The standard InChI is InChI=1S/C36H56O9/c1-31(2)16-20-19-8-9-22-33(4)12-11-24(44-30-27(41)25(39)26(40)28(45-30)29(42)43)34(5,18-37)21(33)10-13-36(22,7)35(19,6)15-14-32(20,3)23(38)17-31/h8,20-22,24-28,30,37,39-41H,9-18H2,1-7H3,(H,42,43)/t20-,21+,22+,24-,25-,26-,27+,28-,30+,32+,33-,34+,35+,36+/m0/s1. The number of carbonyl (C=O) groups excluding carboxylic acids is 1. The Kier molecular flexibility index (Phi) is 7.88. The van der Waals surface area contributed by atoms with Crippen molar-refractivity contribution in [1.82, 2.24) is 0 Å². The van der Waals surface area contributed by atoms with Gasteiger partial charge in [0, 0.05) is 17.3 Å². The van der Waals surface area contributed by atoms with Gasteiger partial charge in [-0.15, -0.1) is 0 Å². The zero-order chi connectivity index (χ0) is 33.1. The summed E-state index contributed by atoms with van der Waals surface area (Å²) in [4.78, 5) is 25.3. The summed E-state index contributed by atoms with van der Waals surface area (Å²) in [6.45, 7) is 16.0. The monoisotopic (exact) mass is 632 g/mol. The van der Waals surface area contributed by atoms with Gasteiger partial charge < -0.3 is 35.0 Å². The Balaban J connectivity index is 1.30. The number of aliphatic hydroxyl groups excluding tert-OH is 4. The Labute approximate surface area is 267 Å². The van der Waals surface area contributed by atoms with Gasteiger partial charge in [-0.25, -0.2) is 4.79 Å². The maximum Gasteiger partial charge on any atom is 0.335 e. The fraction of sp³-hybridized carbons (Fsp3) is 0.889. The fourth-order valence-electron chi connectivity index (χ4n) is 12.0. The number of carboxylic acids is 1. The van der Waals surface area contributed by atoms with E-state index in [1.165, 1.54) is 5.57 Å². The molecule has 5 aliphatic carbocycles. The predicted molar refractivity (Wildman–Crippen MR) is 166 cm³/mol. The Morgan fingerprint density at radius 3 is 2.27 bits per heavy atom. The summed E-state index contributed by atoms with van der Waals surface area (Å²) in [6.07, 6.45) is 1.51. The number of fused-ring (bicyclic) bond motifs is 7. The van der Waals surface area contributed by atoms with Crippen LogP contribution in [-0.4, -0.2) is 80.7 Å². The van der Waals surface area contributed by atoms with Crippen LogP contribution in [0.15, 0.2) is 11.6 Å². The summed E-state index contributed by atoms with van der Waals surface area (Å²) in [5, 5.41) is 51.8. The Morgan fingerprint density at radius 2 is 1.62 bits per heavy atom. The van der Waals surface area contributed by atoms with Gasteiger partial charge in [-0.2, -0.15) is 0 Å². The van der Waals surface area contributed by atoms with E-state index in [1.54, 1.807) is 0 Å². The molecule has 1 aliphatic heterocycles. The first-order valence-corrected chi connectivity index (χ1v) is 17.2. The van der Waals surface area contributed by atoms with Crippen LogP contribution in [0, 0.1) is 50.2 Å². The number of hydrogen-bond donors (Lipinski definition) is 5. The van der Waals surface area contributed by atoms with Gasteiger partial charge in [0.2, 0.25) is 0 Å². The van der Waals surface area contributed by atoms with Crippen molar-refractivity contribution in [2.75, 3.05) is 6.61 Å². The number of allylic oxidation sites excluding steroid dienone is 2. The first-order chi connectivity index (χ1) is 20.8. The molecule has 9 nitrogen and oxygen atoms in total. The molecule has 0 aromatic carbocycles. The molecule has 5 N–H and O–H groups in total. The molecule has 0 spiro atoms. The summed E-state index contributed by atoms with van der Waals surface area (Å²) >= 11 is 0. The van der Waals surface area contributed by atoms with Crippen LogP contribution in [0.3, 0.4) is 0 Å². The van der Waals surface area contributed by atoms with Crippen LogP contribution >= 0.6 is 0 Å². The second-order valence-electron chi connectivity index (χ2n) is 17.8. The van der Waals surface area contributed by atoms with Gasteiger partial charge in [0.1, 0.15) is 24.1 Å². The summed E-state index contributed by atoms with van der Waals surface area (Å²) < 4.78 is 11.8. The second-order valence-corrected chi connectivity index (χ2v) is 17.8. The molecule has 1 heterocycles. The molecule has 0 unspecified atom stereocenters. The zero-order valence-electron chi connectivity index (χ0n) is 28.2. The van der Waals surface area contributed by atoms with Gasteiger partial charge in [-0.05, 0) is 90.8 Å². The summed E-state index contributed by atoms with van der Waals surface area (Å²) in [6, 6.07) is 0. The molecule has 5 fully saturated rings. The lowest BCUT2D eigenvalue weighted by Crippen LogP contribution is -2.67. The Bertz CT molecular complexity index is 1260. The van der Waals surface area contributed by atoms with Crippen LogP contribution in [0.5, 0.6) is 0 Å². The minimum Gasteiger partial charge on any atom is -0.479 e. The molecule has 254 valence electrons. The smallest absolute Gasteiger partial charge is 0.335 e. The minimum absolute atomic E-state index is 0.00267. The normalized spacial score (nSPS) is 54.2. The van der Waals surface area contributed by atoms with Crippen LogP contribution in [-0.2, 0) is 19.1 Å². The number of ketones is 1. The van der Waals surface area contributed by atoms with Crippen molar-refractivity contribution in [3.8, 4) is 0 Å². The molecular formula is C36H56O9. The Hall–Kier alpha value is -1.36. The molecule has 0 aromatic rings. The number of aliphatic hydroxyl groups is 4. The highest BCUT2D eigenvalue weighted by Crippen LogP contribution is 2.75. The Morgan fingerprint density at radius 1 is 0.933 bits per heavy atom. The van der Waals surface area contributed by atoms with E-state index in [2.05, 4.69) is 47.6 Å². The largest absolute Gasteiger partial charge is 0.479 e. The van der Waals surface area contributed by atoms with E-state index in [9.17, 15) is 35.1 Å². The highest BCUT2D eigenvalue weighted by atomic mass is 16.7. The second kappa shape index (κ2) is 10.6. The lowest BCUT2D eigenvalue weighted by Gasteiger charge is -2.71. The fourth-order valence-corrected chi connectivity index (χ4v) is 12.0. The highest BCUT2D eigenvalue weighted by molar-refractivity contribution is 5.87. The SMILES string of the molecule is CC1(C)CC(=O)[C@]2(C)CC[C@]3(C)C(=CC[C@@H]4[C@@]5(C)CC[C@H](O[C@@H]6O[C@H](C(=O)O)[C@@H](O)[C@H](O)[C@H]6O)[C@](C)(CO)[C@@H]5CC[C@]43C)[C@@H]2C1. The van der Waals surface area contributed by atoms with Crippen molar-refractivity contribution in [2.24, 2.45) is 50.2 Å². The first kappa shape index (κ1) is 33.5. The lowest BCUT2D eigenvalue weighted by atomic mass is 9.33. The molecule has 4 saturated carbocycles. The molecule has 9 heteroatoms. The predicted octanol–water partition coefficient (Wildman–Crippen LogP) is 4.24. The number of Topliss-reactive ketones (excluding diaryl/α,β-unsaturated/α-hetero) is 1. The van der Waals surface area contributed by atoms with E-state index < -0.39 is 48.2 Å². The van der Waals surface area contributed by atoms with Gasteiger partial charge in [0.25, 0.3) is 0 Å². The number of rotatable bonds is 4. The quantitative estimate of drug-likeness (QED) is 0.226. The third-order valence-corrected chi connectivity index (χ3v) is 15.0. The first-order valence-electron chi connectivity index (χ1n) is 17.2. The van der Waals surface area contributed by atoms with Gasteiger partial charge in [0.15, 0.2) is 12.4 Å². The van der Waals surface area contributed by atoms with Crippen molar-refractivity contribution in [2.45, 2.75) is 143 Å². The molecular weight excluding hydrogens is 576 g/mol. The molecule has 0 bridgehead atoms. The third kappa shape index (κ3) is 4.53. The van der Waals surface area contributed by atoms with E-state index in [4.69, 9.17) is 9.47 Å². The number of ether oxygens (including phenoxy) is 2. The van der Waals surface area contributed by atoms with E-state index >= 15 is 0 Å². The molecule has 6 rings (SSSR count). The van der Waals surface area contributed by atoms with Crippen LogP contribution in [0.4, 0.5) is 0 Å². The van der Waals surface area contributed by atoms with Gasteiger partial charge >= 0.3 is 5.97 Å². The van der Waals surface area contributed by atoms with E-state index in [-0.39, 0.29) is 45.5 Å². The van der Waals surface area contributed by atoms with Crippen LogP contribution in [0.1, 0.15) is 106 Å². The van der Waals surface area contributed by atoms with Crippen molar-refractivity contribution >= 4 is 11.8 Å². The minimum atomic E-state index is -1.78. The van der Waals surface area contributed by atoms with Crippen molar-refractivity contribution < 1.29 is 44.6 Å². The summed E-state index contributed by atoms with van der Waals surface area (Å²) in [5.41, 5.74) is 0.416. The van der Waals surface area contributed by atoms with Crippen molar-refractivity contribution in [3.63, 3.8) is 0 Å². The van der Waals surface area contributed by atoms with Gasteiger partial charge in [0.05, 0.1) is 12.7 Å². The molecule has 0 radical (unpaired) electrons. The number of aliphatic carboxylic acids is 1. The van der Waals surface area contributed by atoms with Crippen LogP contribution < -0.4 is 0 Å². The third-order valence-electron chi connectivity index (χ3n) is 15.0. The number of carboxylic acid groups (broad SMARTS) is 1. The van der Waals surface area contributed by atoms with Crippen molar-refractivity contribution in [3.05, 3.63) is 11.6 Å². The molecule has 6 aliphatic rings. The topological polar surface area (TPSA) is 154 Å². The molecule has 0 aromatic heterocycles. The highest BCUT2D eigenvalue weighted by Gasteiger charge is 2.69. The van der Waals surface area contributed by atoms with Crippen molar-refractivity contribution in [1.29, 1.82) is 0 Å². The summed E-state index contributed by atoms with van der Waals surface area (Å²) in [5.74, 6) is -0.285. The molecule has 14 atom stereocenters.